The molecule has 0 saturated carbocycles. The number of carbonyl (C=O) groups excluding carboxylic acids is 1. The lowest BCUT2D eigenvalue weighted by molar-refractivity contribution is 0.102. The molecule has 0 saturated heterocycles. The number of hydrogen-bond acceptors (Lipinski definition) is 4. The summed E-state index contributed by atoms with van der Waals surface area (Å²) in [6.45, 7) is 1.80. The van der Waals surface area contributed by atoms with Crippen LogP contribution in [0.25, 0.3) is 5.69 Å². The molecule has 2 aromatic carbocycles. The maximum atomic E-state index is 12.3. The van der Waals surface area contributed by atoms with Crippen molar-refractivity contribution in [2.75, 3.05) is 11.1 Å². The lowest BCUT2D eigenvalue weighted by Crippen LogP contribution is -2.15. The number of nitrogens with two attached hydrogens (primary N) is 1. The van der Waals surface area contributed by atoms with Crippen LogP contribution in [-0.4, -0.2) is 20.9 Å². The van der Waals surface area contributed by atoms with Crippen LogP contribution in [0.5, 0.6) is 0 Å². The number of rotatable bonds is 3. The molecular formula is C16H15N5O. The zero-order valence-corrected chi connectivity index (χ0v) is 12.0. The predicted molar refractivity (Wildman–Crippen MR) is 84.9 cm³/mol. The monoisotopic (exact) mass is 293 g/mol. The molecule has 0 aliphatic heterocycles. The molecular weight excluding hydrogens is 278 g/mol. The van der Waals surface area contributed by atoms with Gasteiger partial charge in [0.15, 0.2) is 5.69 Å². The fourth-order valence-corrected chi connectivity index (χ4v) is 2.15. The smallest absolute Gasteiger partial charge is 0.278 e. The van der Waals surface area contributed by atoms with Gasteiger partial charge in [0.1, 0.15) is 0 Å². The molecule has 0 fully saturated rings. The number of carbonyl (C=O) groups is 1. The number of nitrogens with one attached hydrogen (secondary N) is 1. The van der Waals surface area contributed by atoms with Crippen molar-refractivity contribution >= 4 is 17.3 Å². The molecule has 6 nitrogen and oxygen atoms in total. The van der Waals surface area contributed by atoms with Gasteiger partial charge in [0.2, 0.25) is 0 Å². The molecule has 0 unspecified atom stereocenters. The van der Waals surface area contributed by atoms with Crippen LogP contribution in [0.4, 0.5) is 11.4 Å². The van der Waals surface area contributed by atoms with Crippen LogP contribution >= 0.6 is 0 Å². The van der Waals surface area contributed by atoms with E-state index in [0.717, 1.165) is 5.69 Å². The van der Waals surface area contributed by atoms with Crippen LogP contribution in [0.2, 0.25) is 0 Å². The lowest BCUT2D eigenvalue weighted by Gasteiger charge is -2.07. The molecule has 3 rings (SSSR count). The van der Waals surface area contributed by atoms with E-state index >= 15 is 0 Å². The highest BCUT2D eigenvalue weighted by Crippen LogP contribution is 2.18. The summed E-state index contributed by atoms with van der Waals surface area (Å²) >= 11 is 0. The molecule has 110 valence electrons. The number of anilines is 2. The molecule has 0 atom stereocenters. The minimum absolute atomic E-state index is 0.270. The van der Waals surface area contributed by atoms with E-state index < -0.39 is 0 Å². The molecule has 1 amide bonds. The van der Waals surface area contributed by atoms with Crippen molar-refractivity contribution in [2.45, 2.75) is 6.92 Å². The Bertz CT molecular complexity index is 810. The first-order valence-corrected chi connectivity index (χ1v) is 6.80. The van der Waals surface area contributed by atoms with Gasteiger partial charge in [0.05, 0.1) is 22.8 Å². The molecule has 0 aliphatic rings. The highest BCUT2D eigenvalue weighted by Gasteiger charge is 2.17. The lowest BCUT2D eigenvalue weighted by atomic mass is 10.2. The summed E-state index contributed by atoms with van der Waals surface area (Å²) < 4.78 is 1.63. The molecule has 0 aliphatic carbocycles. The number of amides is 1. The molecule has 6 heteroatoms. The van der Waals surface area contributed by atoms with Gasteiger partial charge >= 0.3 is 0 Å². The van der Waals surface area contributed by atoms with E-state index in [0.29, 0.717) is 17.1 Å². The first-order valence-electron chi connectivity index (χ1n) is 6.80. The number of benzene rings is 2. The fourth-order valence-electron chi connectivity index (χ4n) is 2.15. The van der Waals surface area contributed by atoms with Gasteiger partial charge in [-0.3, -0.25) is 4.79 Å². The van der Waals surface area contributed by atoms with E-state index in [-0.39, 0.29) is 11.6 Å². The molecule has 0 radical (unpaired) electrons. The number of nitrogen functional groups attached to an aromatic ring is 1. The van der Waals surface area contributed by atoms with Crippen molar-refractivity contribution in [3.05, 3.63) is 66.0 Å². The molecule has 0 spiro atoms. The summed E-state index contributed by atoms with van der Waals surface area (Å²) in [5, 5.41) is 10.8. The van der Waals surface area contributed by atoms with Gasteiger partial charge in [-0.05, 0) is 31.2 Å². The quantitative estimate of drug-likeness (QED) is 0.726. The van der Waals surface area contributed by atoms with Crippen LogP contribution in [0.3, 0.4) is 0 Å². The zero-order valence-electron chi connectivity index (χ0n) is 12.0. The van der Waals surface area contributed by atoms with Crippen LogP contribution in [0.15, 0.2) is 54.6 Å². The topological polar surface area (TPSA) is 85.8 Å². The van der Waals surface area contributed by atoms with E-state index in [1.165, 1.54) is 0 Å². The van der Waals surface area contributed by atoms with Gasteiger partial charge in [0.25, 0.3) is 5.91 Å². The van der Waals surface area contributed by atoms with Crippen molar-refractivity contribution in [2.24, 2.45) is 0 Å². The van der Waals surface area contributed by atoms with Gasteiger partial charge in [-0.25, -0.2) is 4.68 Å². The van der Waals surface area contributed by atoms with Crippen molar-refractivity contribution in [1.29, 1.82) is 0 Å². The summed E-state index contributed by atoms with van der Waals surface area (Å²) in [5.74, 6) is -0.336. The molecule has 1 heterocycles. The average molecular weight is 293 g/mol. The van der Waals surface area contributed by atoms with Crippen LogP contribution in [0.1, 0.15) is 16.2 Å². The van der Waals surface area contributed by atoms with Gasteiger partial charge in [-0.15, -0.1) is 5.10 Å². The summed E-state index contributed by atoms with van der Waals surface area (Å²) in [6, 6.07) is 16.6. The molecule has 22 heavy (non-hydrogen) atoms. The second-order valence-electron chi connectivity index (χ2n) is 4.81. The highest BCUT2D eigenvalue weighted by atomic mass is 16.2. The SMILES string of the molecule is Cc1c(C(=O)Nc2ccccc2N)nnn1-c1ccccc1. The van der Waals surface area contributed by atoms with Gasteiger partial charge in [0, 0.05) is 0 Å². The minimum atomic E-state index is -0.336. The molecule has 3 aromatic rings. The fraction of sp³-hybridized carbons (Fsp3) is 0.0625. The van der Waals surface area contributed by atoms with E-state index in [4.69, 9.17) is 5.73 Å². The van der Waals surface area contributed by atoms with Crippen LogP contribution in [0, 0.1) is 6.92 Å². The third kappa shape index (κ3) is 2.54. The third-order valence-corrected chi connectivity index (χ3v) is 3.32. The Morgan fingerprint density at radius 2 is 1.77 bits per heavy atom. The Kier molecular flexibility index (Phi) is 3.57. The molecule has 3 N–H and O–H groups in total. The van der Waals surface area contributed by atoms with E-state index in [1.807, 2.05) is 36.4 Å². The van der Waals surface area contributed by atoms with Crippen LogP contribution in [-0.2, 0) is 0 Å². The van der Waals surface area contributed by atoms with Crippen molar-refractivity contribution in [1.82, 2.24) is 15.0 Å². The van der Waals surface area contributed by atoms with Crippen molar-refractivity contribution < 1.29 is 4.79 Å². The first kappa shape index (κ1) is 13.8. The summed E-state index contributed by atoms with van der Waals surface area (Å²) in [7, 11) is 0. The van der Waals surface area contributed by atoms with Crippen LogP contribution < -0.4 is 11.1 Å². The number of hydrogen-bond donors (Lipinski definition) is 2. The normalized spacial score (nSPS) is 10.4. The zero-order chi connectivity index (χ0) is 15.5. The summed E-state index contributed by atoms with van der Waals surface area (Å²) in [5.41, 5.74) is 8.67. The Morgan fingerprint density at radius 1 is 1.09 bits per heavy atom. The van der Waals surface area contributed by atoms with Gasteiger partial charge in [-0.2, -0.15) is 0 Å². The Balaban J connectivity index is 1.89. The maximum Gasteiger partial charge on any atom is 0.278 e. The van der Waals surface area contributed by atoms with E-state index in [2.05, 4.69) is 15.6 Å². The second kappa shape index (κ2) is 5.69. The summed E-state index contributed by atoms with van der Waals surface area (Å²) in [4.78, 5) is 12.3. The predicted octanol–water partition coefficient (Wildman–Crippen LogP) is 2.41. The molecule has 1 aromatic heterocycles. The largest absolute Gasteiger partial charge is 0.397 e. The van der Waals surface area contributed by atoms with E-state index in [1.54, 1.807) is 29.8 Å². The van der Waals surface area contributed by atoms with Crippen molar-refractivity contribution in [3.8, 4) is 5.69 Å². The minimum Gasteiger partial charge on any atom is -0.397 e. The Morgan fingerprint density at radius 3 is 2.50 bits per heavy atom. The van der Waals surface area contributed by atoms with Gasteiger partial charge < -0.3 is 11.1 Å². The van der Waals surface area contributed by atoms with Gasteiger partial charge in [-0.1, -0.05) is 35.5 Å². The number of nitrogens with zero attached hydrogens (tertiary/aromatic N) is 3. The maximum absolute atomic E-state index is 12.3. The first-order chi connectivity index (χ1) is 10.7. The standard InChI is InChI=1S/C16H15N5O/c1-11-15(16(22)18-14-10-6-5-9-13(14)17)19-20-21(11)12-7-3-2-4-8-12/h2-10H,17H2,1H3,(H,18,22). The number of para-hydroxylation sites is 3. The Labute approximate surface area is 127 Å². The van der Waals surface area contributed by atoms with Crippen molar-refractivity contribution in [3.63, 3.8) is 0 Å². The molecule has 0 bridgehead atoms. The third-order valence-electron chi connectivity index (χ3n) is 3.32. The number of aromatic nitrogens is 3. The average Bonchev–Trinajstić information content (AvgIpc) is 2.92. The highest BCUT2D eigenvalue weighted by molar-refractivity contribution is 6.05. The van der Waals surface area contributed by atoms with E-state index in [9.17, 15) is 4.79 Å². The summed E-state index contributed by atoms with van der Waals surface area (Å²) in [6.07, 6.45) is 0. The Hall–Kier alpha value is -3.15. The second-order valence-corrected chi connectivity index (χ2v) is 4.81.